The number of thiazole rings is 1. The van der Waals surface area contributed by atoms with E-state index in [1.54, 1.807) is 22.9 Å². The van der Waals surface area contributed by atoms with Crippen molar-refractivity contribution in [1.82, 2.24) is 14.5 Å². The van der Waals surface area contributed by atoms with Crippen LogP contribution in [0.1, 0.15) is 29.2 Å². The number of aromatic nitrogens is 3. The van der Waals surface area contributed by atoms with Gasteiger partial charge in [-0.1, -0.05) is 6.07 Å². The molecule has 0 saturated carbocycles. The minimum Gasteiger partial charge on any atom is -0.315 e. The monoisotopic (exact) mass is 330 g/mol. The van der Waals surface area contributed by atoms with Crippen molar-refractivity contribution >= 4 is 34.4 Å². The molecule has 0 fully saturated rings. The molecule has 0 aliphatic carbocycles. The number of hydrogen-bond acceptors (Lipinski definition) is 5. The highest BCUT2D eigenvalue weighted by Gasteiger charge is 2.18. The molecule has 0 radical (unpaired) electrons. The number of amides is 1. The van der Waals surface area contributed by atoms with Gasteiger partial charge in [0.1, 0.15) is 22.3 Å². The van der Waals surface area contributed by atoms with Crippen molar-refractivity contribution in [3.05, 3.63) is 40.6 Å². The maximum Gasteiger partial charge on any atom is 0.276 e. The summed E-state index contributed by atoms with van der Waals surface area (Å²) in [4.78, 5) is 22.3. The van der Waals surface area contributed by atoms with E-state index in [1.165, 1.54) is 17.8 Å². The minimum atomic E-state index is -0.174. The molecule has 1 N–H and O–H groups in total. The van der Waals surface area contributed by atoms with Gasteiger partial charge >= 0.3 is 0 Å². The number of rotatable bonds is 3. The first-order valence-corrected chi connectivity index (χ1v) is 8.92. The van der Waals surface area contributed by atoms with Gasteiger partial charge in [-0.3, -0.25) is 4.79 Å². The number of fused-ring (bicyclic) bond motifs is 1. The summed E-state index contributed by atoms with van der Waals surface area (Å²) >= 11 is 3.12. The van der Waals surface area contributed by atoms with Crippen molar-refractivity contribution in [1.29, 1.82) is 0 Å². The van der Waals surface area contributed by atoms with Crippen molar-refractivity contribution in [2.75, 3.05) is 5.32 Å². The fraction of sp³-hybridized carbons (Fsp3) is 0.267. The number of nitrogens with one attached hydrogen (secondary N) is 1. The van der Waals surface area contributed by atoms with E-state index in [4.69, 9.17) is 0 Å². The number of hydrogen-bond donors (Lipinski definition) is 1. The number of imidazole rings is 1. The lowest BCUT2D eigenvalue weighted by Crippen LogP contribution is -2.18. The summed E-state index contributed by atoms with van der Waals surface area (Å²) in [6.07, 6.45) is 5.02. The number of anilines is 1. The summed E-state index contributed by atoms with van der Waals surface area (Å²) in [6, 6.07) is 4.00. The van der Waals surface area contributed by atoms with Gasteiger partial charge in [0.15, 0.2) is 0 Å². The molecule has 22 heavy (non-hydrogen) atoms. The predicted octanol–water partition coefficient (Wildman–Crippen LogP) is 3.66. The topological polar surface area (TPSA) is 59.8 Å². The lowest BCUT2D eigenvalue weighted by Gasteiger charge is -2.16. The second-order valence-electron chi connectivity index (χ2n) is 5.14. The molecule has 1 aliphatic rings. The number of carbonyl (C=O) groups excluding carboxylic acids is 1. The van der Waals surface area contributed by atoms with E-state index in [0.29, 0.717) is 5.69 Å². The normalized spacial score (nSPS) is 13.8. The molecule has 0 spiro atoms. The molecule has 3 aromatic rings. The molecule has 1 amide bonds. The fourth-order valence-electron chi connectivity index (χ4n) is 2.59. The van der Waals surface area contributed by atoms with Crippen molar-refractivity contribution in [3.63, 3.8) is 0 Å². The molecule has 112 valence electrons. The Bertz CT molecular complexity index is 803. The molecule has 3 aromatic heterocycles. The zero-order valence-electron chi connectivity index (χ0n) is 11.8. The third kappa shape index (κ3) is 2.46. The largest absolute Gasteiger partial charge is 0.315 e. The van der Waals surface area contributed by atoms with Gasteiger partial charge < -0.3 is 9.88 Å². The van der Waals surface area contributed by atoms with Crippen LogP contribution >= 0.6 is 22.7 Å². The smallest absolute Gasteiger partial charge is 0.276 e. The van der Waals surface area contributed by atoms with Crippen LogP contribution in [0.5, 0.6) is 0 Å². The first-order valence-electron chi connectivity index (χ1n) is 7.16. The van der Waals surface area contributed by atoms with Crippen molar-refractivity contribution in [2.24, 2.45) is 0 Å². The van der Waals surface area contributed by atoms with Crippen LogP contribution in [-0.2, 0) is 13.0 Å². The van der Waals surface area contributed by atoms with Crippen LogP contribution in [0.25, 0.3) is 9.88 Å². The number of aryl methyl sites for hydroxylation is 1. The van der Waals surface area contributed by atoms with Crippen LogP contribution in [0.4, 0.5) is 5.82 Å². The molecule has 0 atom stereocenters. The zero-order chi connectivity index (χ0) is 14.9. The molecule has 0 saturated heterocycles. The Labute approximate surface area is 135 Å². The maximum absolute atomic E-state index is 12.4. The van der Waals surface area contributed by atoms with Gasteiger partial charge in [0, 0.05) is 18.3 Å². The average molecular weight is 330 g/mol. The molecule has 5 nitrogen and oxygen atoms in total. The molecule has 4 heterocycles. The van der Waals surface area contributed by atoms with Crippen LogP contribution in [-0.4, -0.2) is 20.4 Å². The van der Waals surface area contributed by atoms with Crippen molar-refractivity contribution < 1.29 is 4.79 Å². The van der Waals surface area contributed by atoms with Crippen LogP contribution in [0.2, 0.25) is 0 Å². The summed E-state index contributed by atoms with van der Waals surface area (Å²) < 4.78 is 2.09. The van der Waals surface area contributed by atoms with Gasteiger partial charge in [-0.05, 0) is 24.3 Å². The summed E-state index contributed by atoms with van der Waals surface area (Å²) in [6.45, 7) is 0.919. The van der Waals surface area contributed by atoms with Gasteiger partial charge in [-0.15, -0.1) is 22.7 Å². The van der Waals surface area contributed by atoms with E-state index in [2.05, 4.69) is 19.9 Å². The quantitative estimate of drug-likeness (QED) is 0.797. The van der Waals surface area contributed by atoms with E-state index < -0.39 is 0 Å². The average Bonchev–Trinajstić information content (AvgIpc) is 3.28. The third-order valence-electron chi connectivity index (χ3n) is 3.68. The number of thiophene rings is 1. The Morgan fingerprint density at radius 1 is 1.32 bits per heavy atom. The first-order chi connectivity index (χ1) is 10.8. The Morgan fingerprint density at radius 2 is 2.27 bits per heavy atom. The second kappa shape index (κ2) is 5.66. The fourth-order valence-corrected chi connectivity index (χ4v) is 4.20. The lowest BCUT2D eigenvalue weighted by molar-refractivity contribution is 0.102. The Balaban J connectivity index is 1.54. The van der Waals surface area contributed by atoms with E-state index in [1.807, 2.05) is 17.5 Å². The van der Waals surface area contributed by atoms with Gasteiger partial charge in [0.25, 0.3) is 5.91 Å². The maximum atomic E-state index is 12.4. The highest BCUT2D eigenvalue weighted by atomic mass is 32.1. The standard InChI is InChI=1S/C15H14N4OS2/c20-14(10-9-22-15(17-10)11-4-3-7-21-11)18-13-8-16-12-5-1-2-6-19(12)13/h3-4,7-9H,1-2,5-6H2,(H,18,20). The minimum absolute atomic E-state index is 0.174. The van der Waals surface area contributed by atoms with Gasteiger partial charge in [0.2, 0.25) is 0 Å². The molecule has 4 rings (SSSR count). The summed E-state index contributed by atoms with van der Waals surface area (Å²) in [7, 11) is 0. The van der Waals surface area contributed by atoms with Gasteiger partial charge in [-0.2, -0.15) is 0 Å². The number of carbonyl (C=O) groups is 1. The van der Waals surface area contributed by atoms with E-state index in [-0.39, 0.29) is 5.91 Å². The zero-order valence-corrected chi connectivity index (χ0v) is 13.4. The molecule has 1 aliphatic heterocycles. The number of nitrogens with zero attached hydrogens (tertiary/aromatic N) is 3. The summed E-state index contributed by atoms with van der Waals surface area (Å²) in [5.41, 5.74) is 0.458. The van der Waals surface area contributed by atoms with Gasteiger partial charge in [-0.25, -0.2) is 9.97 Å². The molecule has 0 aromatic carbocycles. The molecule has 0 unspecified atom stereocenters. The van der Waals surface area contributed by atoms with Crippen molar-refractivity contribution in [3.8, 4) is 9.88 Å². The molecule has 0 bridgehead atoms. The molecule has 7 heteroatoms. The van der Waals surface area contributed by atoms with Gasteiger partial charge in [0.05, 0.1) is 11.1 Å². The summed E-state index contributed by atoms with van der Waals surface area (Å²) in [5, 5.41) is 7.63. The van der Waals surface area contributed by atoms with Crippen LogP contribution in [0.3, 0.4) is 0 Å². The van der Waals surface area contributed by atoms with E-state index >= 15 is 0 Å². The van der Waals surface area contributed by atoms with Crippen molar-refractivity contribution in [2.45, 2.75) is 25.8 Å². The van der Waals surface area contributed by atoms with Crippen LogP contribution < -0.4 is 5.32 Å². The van der Waals surface area contributed by atoms with Crippen LogP contribution in [0, 0.1) is 0 Å². The Hall–Kier alpha value is -1.99. The first kappa shape index (κ1) is 13.7. The highest BCUT2D eigenvalue weighted by molar-refractivity contribution is 7.20. The summed E-state index contributed by atoms with van der Waals surface area (Å²) in [5.74, 6) is 1.65. The SMILES string of the molecule is O=C(Nc1cnc2n1CCCC2)c1csc(-c2cccs2)n1. The second-order valence-corrected chi connectivity index (χ2v) is 6.94. The van der Waals surface area contributed by atoms with E-state index in [9.17, 15) is 4.79 Å². The molecular weight excluding hydrogens is 316 g/mol. The third-order valence-corrected chi connectivity index (χ3v) is 5.56. The Kier molecular flexibility index (Phi) is 3.51. The predicted molar refractivity (Wildman–Crippen MR) is 88.5 cm³/mol. The van der Waals surface area contributed by atoms with E-state index in [0.717, 1.165) is 40.9 Å². The highest BCUT2D eigenvalue weighted by Crippen LogP contribution is 2.28. The lowest BCUT2D eigenvalue weighted by atomic mass is 10.2. The molecular formula is C15H14N4OS2. The Morgan fingerprint density at radius 3 is 3.14 bits per heavy atom. The van der Waals surface area contributed by atoms with Crippen LogP contribution in [0.15, 0.2) is 29.1 Å².